The summed E-state index contributed by atoms with van der Waals surface area (Å²) in [5.41, 5.74) is 0.571. The summed E-state index contributed by atoms with van der Waals surface area (Å²) < 4.78 is 27.5. The number of sulfonamides is 1. The maximum absolute atomic E-state index is 13.0. The first-order valence-electron chi connectivity index (χ1n) is 10.6. The molecule has 28 heavy (non-hydrogen) atoms. The number of hydrogen-bond donors (Lipinski definition) is 1. The third-order valence-electron chi connectivity index (χ3n) is 6.87. The van der Waals surface area contributed by atoms with E-state index in [0.717, 1.165) is 25.6 Å². The van der Waals surface area contributed by atoms with Crippen LogP contribution in [0.1, 0.15) is 39.0 Å². The molecule has 154 valence electrons. The van der Waals surface area contributed by atoms with Crippen LogP contribution in [0.3, 0.4) is 0 Å². The third-order valence-corrected chi connectivity index (χ3v) is 8.76. The van der Waals surface area contributed by atoms with Gasteiger partial charge in [-0.3, -0.25) is 4.79 Å². The van der Waals surface area contributed by atoms with E-state index in [4.69, 9.17) is 0 Å². The van der Waals surface area contributed by atoms with Gasteiger partial charge in [-0.1, -0.05) is 19.4 Å². The van der Waals surface area contributed by atoms with E-state index in [1.807, 2.05) is 0 Å². The minimum absolute atomic E-state index is 0.00339. The zero-order chi connectivity index (χ0) is 19.7. The van der Waals surface area contributed by atoms with Gasteiger partial charge in [0, 0.05) is 38.3 Å². The van der Waals surface area contributed by atoms with Crippen molar-refractivity contribution in [2.75, 3.05) is 38.0 Å². The zero-order valence-electron chi connectivity index (χ0n) is 16.6. The van der Waals surface area contributed by atoms with Gasteiger partial charge in [0.2, 0.25) is 15.9 Å². The number of piperazine rings is 1. The quantitative estimate of drug-likeness (QED) is 0.790. The minimum Gasteiger partial charge on any atom is -0.326 e. The van der Waals surface area contributed by atoms with Gasteiger partial charge in [-0.2, -0.15) is 4.31 Å². The second-order valence-electron chi connectivity index (χ2n) is 8.55. The molecule has 0 aromatic heterocycles. The van der Waals surface area contributed by atoms with Crippen LogP contribution in [0.5, 0.6) is 0 Å². The number of nitrogens with one attached hydrogen (secondary N) is 1. The molecule has 2 bridgehead atoms. The molecule has 1 heterocycles. The van der Waals surface area contributed by atoms with E-state index in [1.54, 1.807) is 28.6 Å². The smallest absolute Gasteiger partial charge is 0.243 e. The Balaban J connectivity index is 1.39. The molecule has 2 aliphatic carbocycles. The molecule has 1 aromatic carbocycles. The number of nitrogens with zero attached hydrogens (tertiary/aromatic N) is 2. The predicted molar refractivity (Wildman–Crippen MR) is 109 cm³/mol. The van der Waals surface area contributed by atoms with Gasteiger partial charge in [0.05, 0.1) is 4.90 Å². The standard InChI is InChI=1S/C21H31N3O3S/c1-2-23-8-10-24(11-9-23)28(26,27)20-5-3-4-19(15-20)22-21(25)14-18-13-16-6-7-17(18)12-16/h3-5,15-18H,2,6-14H2,1H3,(H,22,25). The van der Waals surface area contributed by atoms with Gasteiger partial charge in [0.15, 0.2) is 0 Å². The Morgan fingerprint density at radius 3 is 2.57 bits per heavy atom. The molecule has 1 N–H and O–H groups in total. The Bertz CT molecular complexity index is 818. The van der Waals surface area contributed by atoms with Crippen LogP contribution in [0.15, 0.2) is 29.2 Å². The lowest BCUT2D eigenvalue weighted by Crippen LogP contribution is -2.48. The maximum atomic E-state index is 13.0. The fourth-order valence-corrected chi connectivity index (χ4v) is 6.71. The molecule has 3 fully saturated rings. The first-order chi connectivity index (χ1) is 13.5. The fourth-order valence-electron chi connectivity index (χ4n) is 5.25. The Kier molecular flexibility index (Phi) is 5.76. The van der Waals surface area contributed by atoms with Crippen LogP contribution in [-0.4, -0.2) is 56.3 Å². The molecule has 0 radical (unpaired) electrons. The number of likely N-dealkylation sites (N-methyl/N-ethyl adjacent to an activating group) is 1. The summed E-state index contributed by atoms with van der Waals surface area (Å²) in [5.74, 6) is 2.04. The molecule has 1 amide bonds. The Morgan fingerprint density at radius 1 is 1.14 bits per heavy atom. The zero-order valence-corrected chi connectivity index (χ0v) is 17.5. The largest absolute Gasteiger partial charge is 0.326 e. The molecule has 4 rings (SSSR count). The average Bonchev–Trinajstić information content (AvgIpc) is 3.31. The van der Waals surface area contributed by atoms with Crippen LogP contribution >= 0.6 is 0 Å². The van der Waals surface area contributed by atoms with Crippen molar-refractivity contribution in [2.45, 2.75) is 43.9 Å². The summed E-state index contributed by atoms with van der Waals surface area (Å²) in [5, 5.41) is 2.93. The molecule has 3 atom stereocenters. The molecule has 1 aromatic rings. The average molecular weight is 406 g/mol. The summed E-state index contributed by atoms with van der Waals surface area (Å²) in [6.45, 7) is 5.57. The molecule has 1 aliphatic heterocycles. The summed E-state index contributed by atoms with van der Waals surface area (Å²) >= 11 is 0. The second kappa shape index (κ2) is 8.13. The van der Waals surface area contributed by atoms with E-state index in [0.29, 0.717) is 37.0 Å². The first-order valence-corrected chi connectivity index (χ1v) is 12.0. The lowest BCUT2D eigenvalue weighted by Gasteiger charge is -2.33. The predicted octanol–water partition coefficient (Wildman–Crippen LogP) is 2.78. The van der Waals surface area contributed by atoms with E-state index >= 15 is 0 Å². The van der Waals surface area contributed by atoms with Crippen molar-refractivity contribution >= 4 is 21.6 Å². The lowest BCUT2D eigenvalue weighted by molar-refractivity contribution is -0.117. The van der Waals surface area contributed by atoms with Crippen molar-refractivity contribution in [1.29, 1.82) is 0 Å². The number of anilines is 1. The molecule has 3 aliphatic rings. The highest BCUT2D eigenvalue weighted by Crippen LogP contribution is 2.49. The highest BCUT2D eigenvalue weighted by Gasteiger charge is 2.40. The Morgan fingerprint density at radius 2 is 1.93 bits per heavy atom. The van der Waals surface area contributed by atoms with Gasteiger partial charge < -0.3 is 10.2 Å². The van der Waals surface area contributed by atoms with Gasteiger partial charge in [0.25, 0.3) is 0 Å². The molecule has 2 saturated carbocycles. The molecule has 6 nitrogen and oxygen atoms in total. The molecular formula is C21H31N3O3S. The van der Waals surface area contributed by atoms with Crippen LogP contribution in [0.4, 0.5) is 5.69 Å². The number of benzene rings is 1. The Hall–Kier alpha value is -1.44. The summed E-state index contributed by atoms with van der Waals surface area (Å²) in [6.07, 6.45) is 5.61. The number of amides is 1. The third kappa shape index (κ3) is 4.11. The lowest BCUT2D eigenvalue weighted by atomic mass is 9.86. The van der Waals surface area contributed by atoms with Crippen molar-refractivity contribution in [2.24, 2.45) is 17.8 Å². The van der Waals surface area contributed by atoms with Crippen molar-refractivity contribution in [1.82, 2.24) is 9.21 Å². The van der Waals surface area contributed by atoms with Gasteiger partial charge in [-0.25, -0.2) is 8.42 Å². The monoisotopic (exact) mass is 405 g/mol. The van der Waals surface area contributed by atoms with Gasteiger partial charge in [-0.05, 0) is 61.8 Å². The van der Waals surface area contributed by atoms with E-state index in [1.165, 1.54) is 25.7 Å². The molecule has 3 unspecified atom stereocenters. The van der Waals surface area contributed by atoms with Crippen LogP contribution in [0, 0.1) is 17.8 Å². The molecule has 7 heteroatoms. The van der Waals surface area contributed by atoms with Gasteiger partial charge in [0.1, 0.15) is 0 Å². The maximum Gasteiger partial charge on any atom is 0.243 e. The number of carbonyl (C=O) groups excluding carboxylic acids is 1. The highest BCUT2D eigenvalue weighted by atomic mass is 32.2. The second-order valence-corrected chi connectivity index (χ2v) is 10.5. The molecular weight excluding hydrogens is 374 g/mol. The van der Waals surface area contributed by atoms with E-state index in [9.17, 15) is 13.2 Å². The topological polar surface area (TPSA) is 69.7 Å². The minimum atomic E-state index is -3.53. The van der Waals surface area contributed by atoms with Crippen LogP contribution in [0.25, 0.3) is 0 Å². The SMILES string of the molecule is CCN1CCN(S(=O)(=O)c2cccc(NC(=O)CC3CC4CCC3C4)c2)CC1. The number of rotatable bonds is 6. The van der Waals surface area contributed by atoms with Gasteiger partial charge in [-0.15, -0.1) is 0 Å². The van der Waals surface area contributed by atoms with Crippen molar-refractivity contribution in [3.8, 4) is 0 Å². The van der Waals surface area contributed by atoms with Gasteiger partial charge >= 0.3 is 0 Å². The van der Waals surface area contributed by atoms with Crippen LogP contribution in [0.2, 0.25) is 0 Å². The number of carbonyl (C=O) groups is 1. The fraction of sp³-hybridized carbons (Fsp3) is 0.667. The van der Waals surface area contributed by atoms with E-state index in [2.05, 4.69) is 17.1 Å². The van der Waals surface area contributed by atoms with Crippen LogP contribution in [-0.2, 0) is 14.8 Å². The van der Waals surface area contributed by atoms with E-state index < -0.39 is 10.0 Å². The number of fused-ring (bicyclic) bond motifs is 2. The Labute approximate surface area is 168 Å². The highest BCUT2D eigenvalue weighted by molar-refractivity contribution is 7.89. The summed E-state index contributed by atoms with van der Waals surface area (Å²) in [7, 11) is -3.53. The van der Waals surface area contributed by atoms with Crippen molar-refractivity contribution < 1.29 is 13.2 Å². The molecule has 1 saturated heterocycles. The van der Waals surface area contributed by atoms with Crippen molar-refractivity contribution in [3.63, 3.8) is 0 Å². The van der Waals surface area contributed by atoms with Crippen LogP contribution < -0.4 is 5.32 Å². The summed E-state index contributed by atoms with van der Waals surface area (Å²) in [4.78, 5) is 15.0. The van der Waals surface area contributed by atoms with Crippen molar-refractivity contribution in [3.05, 3.63) is 24.3 Å². The first kappa shape index (κ1) is 19.9. The normalized spacial score (nSPS) is 28.5. The summed E-state index contributed by atoms with van der Waals surface area (Å²) in [6, 6.07) is 6.70. The molecule has 0 spiro atoms. The number of hydrogen-bond acceptors (Lipinski definition) is 4. The van der Waals surface area contributed by atoms with E-state index in [-0.39, 0.29) is 10.8 Å².